The van der Waals surface area contributed by atoms with Crippen molar-refractivity contribution in [3.63, 3.8) is 0 Å². The van der Waals surface area contributed by atoms with Crippen molar-refractivity contribution in [3.8, 4) is 5.75 Å². The van der Waals surface area contributed by atoms with E-state index in [-0.39, 0.29) is 0 Å². The van der Waals surface area contributed by atoms with E-state index in [9.17, 15) is 0 Å². The molecule has 1 saturated heterocycles. The number of para-hydroxylation sites is 1. The molecule has 0 aliphatic carbocycles. The van der Waals surface area contributed by atoms with Gasteiger partial charge in [-0.2, -0.15) is 0 Å². The quantitative estimate of drug-likeness (QED) is 0.773. The summed E-state index contributed by atoms with van der Waals surface area (Å²) in [5.74, 6) is 0.934. The van der Waals surface area contributed by atoms with Crippen LogP contribution in [0.2, 0.25) is 0 Å². The molecule has 1 aliphatic rings. The molecule has 0 radical (unpaired) electrons. The van der Waals surface area contributed by atoms with E-state index in [4.69, 9.17) is 9.47 Å². The molecular weight excluding hydrogens is 202 g/mol. The van der Waals surface area contributed by atoms with Gasteiger partial charge in [-0.1, -0.05) is 25.1 Å². The molecule has 0 aromatic heterocycles. The summed E-state index contributed by atoms with van der Waals surface area (Å²) in [7, 11) is 0. The Morgan fingerprint density at radius 3 is 2.94 bits per heavy atom. The van der Waals surface area contributed by atoms with Crippen LogP contribution >= 0.6 is 0 Å². The number of rotatable bonds is 4. The second-order valence-electron chi connectivity index (χ2n) is 3.98. The minimum Gasteiger partial charge on any atom is -0.492 e. The van der Waals surface area contributed by atoms with Crippen molar-refractivity contribution in [2.75, 3.05) is 32.9 Å². The van der Waals surface area contributed by atoms with Crippen molar-refractivity contribution >= 4 is 0 Å². The predicted octanol–water partition coefficient (Wildman–Crippen LogP) is 1.79. The van der Waals surface area contributed by atoms with E-state index in [2.05, 4.69) is 11.8 Å². The Bertz CT molecular complexity index is 302. The van der Waals surface area contributed by atoms with E-state index < -0.39 is 0 Å². The number of hydrogen-bond acceptors (Lipinski definition) is 3. The van der Waals surface area contributed by atoms with Gasteiger partial charge < -0.3 is 9.47 Å². The van der Waals surface area contributed by atoms with Gasteiger partial charge in [-0.3, -0.25) is 4.90 Å². The molecule has 1 aliphatic heterocycles. The van der Waals surface area contributed by atoms with Gasteiger partial charge >= 0.3 is 0 Å². The van der Waals surface area contributed by atoms with Gasteiger partial charge in [-0.05, 0) is 18.7 Å². The largest absolute Gasteiger partial charge is 0.492 e. The predicted molar refractivity (Wildman–Crippen MR) is 63.8 cm³/mol. The van der Waals surface area contributed by atoms with Crippen LogP contribution in [-0.2, 0) is 4.74 Å². The van der Waals surface area contributed by atoms with E-state index in [1.54, 1.807) is 0 Å². The van der Waals surface area contributed by atoms with E-state index in [1.165, 1.54) is 0 Å². The van der Waals surface area contributed by atoms with Crippen LogP contribution in [-0.4, -0.2) is 43.9 Å². The summed E-state index contributed by atoms with van der Waals surface area (Å²) in [6.07, 6.45) is 0. The zero-order valence-corrected chi connectivity index (χ0v) is 9.76. The molecule has 0 N–H and O–H groups in total. The number of nitrogens with zero attached hydrogens (tertiary/aromatic N) is 1. The van der Waals surface area contributed by atoms with Crippen molar-refractivity contribution in [1.29, 1.82) is 0 Å². The zero-order valence-electron chi connectivity index (χ0n) is 9.76. The standard InChI is InChI=1S/C13H19NO2/c1-2-14-8-9-15-10-12(14)11-16-13-6-4-3-5-7-13/h3-7,12H,2,8-11H2,1H3. The second-order valence-corrected chi connectivity index (χ2v) is 3.98. The third-order valence-corrected chi connectivity index (χ3v) is 2.94. The van der Waals surface area contributed by atoms with Crippen LogP contribution in [0.1, 0.15) is 6.92 Å². The summed E-state index contributed by atoms with van der Waals surface area (Å²) in [5, 5.41) is 0. The molecule has 0 saturated carbocycles. The van der Waals surface area contributed by atoms with Gasteiger partial charge in [0.1, 0.15) is 12.4 Å². The summed E-state index contributed by atoms with van der Waals surface area (Å²) in [4.78, 5) is 2.41. The smallest absolute Gasteiger partial charge is 0.119 e. The highest BCUT2D eigenvalue weighted by Gasteiger charge is 2.21. The summed E-state index contributed by atoms with van der Waals surface area (Å²) < 4.78 is 11.2. The molecular formula is C13H19NO2. The lowest BCUT2D eigenvalue weighted by Gasteiger charge is -2.34. The average Bonchev–Trinajstić information content (AvgIpc) is 2.38. The number of ether oxygens (including phenoxy) is 2. The van der Waals surface area contributed by atoms with Crippen LogP contribution in [0.15, 0.2) is 30.3 Å². The Balaban J connectivity index is 1.84. The Labute approximate surface area is 97.0 Å². The summed E-state index contributed by atoms with van der Waals surface area (Å²) in [6, 6.07) is 10.3. The summed E-state index contributed by atoms with van der Waals surface area (Å²) in [5.41, 5.74) is 0. The molecule has 1 aromatic carbocycles. The van der Waals surface area contributed by atoms with Crippen LogP contribution in [0.25, 0.3) is 0 Å². The first-order valence-electron chi connectivity index (χ1n) is 5.90. The highest BCUT2D eigenvalue weighted by Crippen LogP contribution is 2.12. The lowest BCUT2D eigenvalue weighted by atomic mass is 10.2. The molecule has 0 spiro atoms. The lowest BCUT2D eigenvalue weighted by molar-refractivity contribution is -0.0209. The molecule has 1 atom stereocenters. The lowest BCUT2D eigenvalue weighted by Crippen LogP contribution is -2.48. The molecule has 3 nitrogen and oxygen atoms in total. The average molecular weight is 221 g/mol. The first kappa shape index (κ1) is 11.4. The second kappa shape index (κ2) is 5.87. The van der Waals surface area contributed by atoms with Crippen LogP contribution in [0.5, 0.6) is 5.75 Å². The molecule has 88 valence electrons. The molecule has 1 fully saturated rings. The highest BCUT2D eigenvalue weighted by molar-refractivity contribution is 5.20. The Hall–Kier alpha value is -1.06. The zero-order chi connectivity index (χ0) is 11.2. The molecule has 0 amide bonds. The topological polar surface area (TPSA) is 21.7 Å². The van der Waals surface area contributed by atoms with E-state index in [1.807, 2.05) is 30.3 Å². The fourth-order valence-corrected chi connectivity index (χ4v) is 1.97. The first-order chi connectivity index (χ1) is 7.90. The molecule has 16 heavy (non-hydrogen) atoms. The van der Waals surface area contributed by atoms with Crippen molar-refractivity contribution in [3.05, 3.63) is 30.3 Å². The number of benzene rings is 1. The summed E-state index contributed by atoms with van der Waals surface area (Å²) >= 11 is 0. The SMILES string of the molecule is CCN1CCOCC1COc1ccccc1. The minimum atomic E-state index is 0.388. The van der Waals surface area contributed by atoms with E-state index in [0.29, 0.717) is 12.6 Å². The van der Waals surface area contributed by atoms with Crippen molar-refractivity contribution in [2.45, 2.75) is 13.0 Å². The third-order valence-electron chi connectivity index (χ3n) is 2.94. The number of hydrogen-bond donors (Lipinski definition) is 0. The van der Waals surface area contributed by atoms with E-state index in [0.717, 1.165) is 32.1 Å². The maximum atomic E-state index is 5.76. The first-order valence-corrected chi connectivity index (χ1v) is 5.90. The maximum Gasteiger partial charge on any atom is 0.119 e. The van der Waals surface area contributed by atoms with E-state index >= 15 is 0 Å². The van der Waals surface area contributed by atoms with Crippen LogP contribution in [0.4, 0.5) is 0 Å². The van der Waals surface area contributed by atoms with Gasteiger partial charge in [0.05, 0.1) is 19.3 Å². The maximum absolute atomic E-state index is 5.76. The van der Waals surface area contributed by atoms with Crippen LogP contribution in [0.3, 0.4) is 0 Å². The van der Waals surface area contributed by atoms with Gasteiger partial charge in [0, 0.05) is 6.54 Å². The number of likely N-dealkylation sites (N-methyl/N-ethyl adjacent to an activating group) is 1. The van der Waals surface area contributed by atoms with Gasteiger partial charge in [0.25, 0.3) is 0 Å². The Morgan fingerprint density at radius 1 is 1.38 bits per heavy atom. The third kappa shape index (κ3) is 2.97. The monoisotopic (exact) mass is 221 g/mol. The van der Waals surface area contributed by atoms with Gasteiger partial charge in [0.2, 0.25) is 0 Å². The van der Waals surface area contributed by atoms with Crippen molar-refractivity contribution in [2.24, 2.45) is 0 Å². The summed E-state index contributed by atoms with van der Waals surface area (Å²) in [6.45, 7) is 6.58. The molecule has 1 unspecified atom stereocenters. The molecule has 3 heteroatoms. The normalized spacial score (nSPS) is 21.9. The van der Waals surface area contributed by atoms with Gasteiger partial charge in [-0.25, -0.2) is 0 Å². The molecule has 0 bridgehead atoms. The van der Waals surface area contributed by atoms with Crippen molar-refractivity contribution in [1.82, 2.24) is 4.90 Å². The molecule has 2 rings (SSSR count). The Kier molecular flexibility index (Phi) is 4.19. The van der Waals surface area contributed by atoms with Crippen LogP contribution < -0.4 is 4.74 Å². The fraction of sp³-hybridized carbons (Fsp3) is 0.538. The fourth-order valence-electron chi connectivity index (χ4n) is 1.97. The van der Waals surface area contributed by atoms with Crippen molar-refractivity contribution < 1.29 is 9.47 Å². The number of morpholine rings is 1. The van der Waals surface area contributed by atoms with Gasteiger partial charge in [-0.15, -0.1) is 0 Å². The molecule has 1 aromatic rings. The molecule has 1 heterocycles. The minimum absolute atomic E-state index is 0.388. The highest BCUT2D eigenvalue weighted by atomic mass is 16.5. The Morgan fingerprint density at radius 2 is 2.19 bits per heavy atom. The van der Waals surface area contributed by atoms with Gasteiger partial charge in [0.15, 0.2) is 0 Å². The van der Waals surface area contributed by atoms with Crippen LogP contribution in [0, 0.1) is 0 Å².